The molecule has 0 fully saturated rings. The van der Waals surface area contributed by atoms with Crippen LogP contribution in [0.1, 0.15) is 16.7 Å². The van der Waals surface area contributed by atoms with Crippen LogP contribution < -0.4 is 10.6 Å². The molecule has 1 heterocycles. The lowest BCUT2D eigenvalue weighted by atomic mass is 10.1. The highest BCUT2D eigenvalue weighted by atomic mass is 15.1. The maximum atomic E-state index is 5.84. The minimum absolute atomic E-state index is 0.844. The summed E-state index contributed by atoms with van der Waals surface area (Å²) in [5.74, 6) is 0. The molecule has 0 saturated carbocycles. The molecule has 92 valence electrons. The van der Waals surface area contributed by atoms with E-state index in [4.69, 9.17) is 5.73 Å². The van der Waals surface area contributed by atoms with Gasteiger partial charge in [-0.25, -0.2) is 0 Å². The minimum atomic E-state index is 0.844. The smallest absolute Gasteiger partial charge is 0.0432 e. The van der Waals surface area contributed by atoms with E-state index < -0.39 is 0 Å². The molecule has 0 atom stereocenters. The molecule has 2 nitrogen and oxygen atoms in total. The van der Waals surface area contributed by atoms with Crippen LogP contribution in [0.15, 0.2) is 42.5 Å². The number of hydrogen-bond donors (Lipinski definition) is 1. The first-order chi connectivity index (χ1) is 8.74. The first-order valence-corrected chi connectivity index (χ1v) is 6.42. The van der Waals surface area contributed by atoms with Crippen LogP contribution in [0.5, 0.6) is 0 Å². The molecule has 3 rings (SSSR count). The van der Waals surface area contributed by atoms with Crippen molar-refractivity contribution in [1.29, 1.82) is 0 Å². The van der Waals surface area contributed by atoms with Crippen LogP contribution in [-0.2, 0) is 13.0 Å². The third kappa shape index (κ3) is 1.94. The average Bonchev–Trinajstić information content (AvgIpc) is 2.74. The fourth-order valence-electron chi connectivity index (χ4n) is 2.81. The Balaban J connectivity index is 1.89. The molecule has 18 heavy (non-hydrogen) atoms. The zero-order valence-corrected chi connectivity index (χ0v) is 10.7. The van der Waals surface area contributed by atoms with Crippen molar-refractivity contribution in [2.45, 2.75) is 19.9 Å². The van der Waals surface area contributed by atoms with Gasteiger partial charge in [-0.3, -0.25) is 0 Å². The Morgan fingerprint density at radius 3 is 2.83 bits per heavy atom. The van der Waals surface area contributed by atoms with Gasteiger partial charge in [-0.05, 0) is 42.2 Å². The molecule has 1 aliphatic rings. The van der Waals surface area contributed by atoms with Crippen molar-refractivity contribution >= 4 is 11.4 Å². The van der Waals surface area contributed by atoms with E-state index in [0.717, 1.165) is 25.2 Å². The molecule has 0 radical (unpaired) electrons. The zero-order valence-electron chi connectivity index (χ0n) is 10.7. The number of nitrogen functional groups attached to an aromatic ring is 1. The van der Waals surface area contributed by atoms with Crippen molar-refractivity contribution in [3.05, 3.63) is 59.2 Å². The Bertz CT molecular complexity index is 575. The Hall–Kier alpha value is -1.96. The lowest BCUT2D eigenvalue weighted by Gasteiger charge is -2.21. The van der Waals surface area contributed by atoms with Crippen molar-refractivity contribution in [2.24, 2.45) is 0 Å². The maximum absolute atomic E-state index is 5.84. The summed E-state index contributed by atoms with van der Waals surface area (Å²) < 4.78 is 0. The number of nitrogens with two attached hydrogens (primary N) is 1. The normalized spacial score (nSPS) is 13.7. The van der Waals surface area contributed by atoms with Crippen molar-refractivity contribution < 1.29 is 0 Å². The van der Waals surface area contributed by atoms with Gasteiger partial charge in [0.2, 0.25) is 0 Å². The van der Waals surface area contributed by atoms with E-state index in [0.29, 0.717) is 0 Å². The second kappa shape index (κ2) is 4.37. The molecule has 0 amide bonds. The van der Waals surface area contributed by atoms with Crippen molar-refractivity contribution in [1.82, 2.24) is 0 Å². The molecule has 0 aliphatic carbocycles. The van der Waals surface area contributed by atoms with Gasteiger partial charge in [0.05, 0.1) is 0 Å². The molecule has 0 unspecified atom stereocenters. The third-order valence-corrected chi connectivity index (χ3v) is 3.61. The van der Waals surface area contributed by atoms with Gasteiger partial charge in [-0.15, -0.1) is 0 Å². The number of aryl methyl sites for hydroxylation is 1. The van der Waals surface area contributed by atoms with Crippen LogP contribution >= 0.6 is 0 Å². The lowest BCUT2D eigenvalue weighted by molar-refractivity contribution is 0.834. The average molecular weight is 238 g/mol. The summed E-state index contributed by atoms with van der Waals surface area (Å²) in [5, 5.41) is 0. The zero-order chi connectivity index (χ0) is 12.5. The van der Waals surface area contributed by atoms with Crippen LogP contribution in [0.2, 0.25) is 0 Å². The Labute approximate surface area is 108 Å². The van der Waals surface area contributed by atoms with E-state index in [1.807, 2.05) is 12.1 Å². The number of fused-ring (bicyclic) bond motifs is 1. The summed E-state index contributed by atoms with van der Waals surface area (Å²) >= 11 is 0. The first kappa shape index (κ1) is 11.1. The predicted octanol–water partition coefficient (Wildman–Crippen LogP) is 3.14. The van der Waals surface area contributed by atoms with Crippen molar-refractivity contribution in [3.63, 3.8) is 0 Å². The second-order valence-corrected chi connectivity index (χ2v) is 5.00. The van der Waals surface area contributed by atoms with E-state index >= 15 is 0 Å². The van der Waals surface area contributed by atoms with Crippen molar-refractivity contribution in [2.75, 3.05) is 17.2 Å². The van der Waals surface area contributed by atoms with Gasteiger partial charge >= 0.3 is 0 Å². The number of benzene rings is 2. The van der Waals surface area contributed by atoms with Gasteiger partial charge in [0.15, 0.2) is 0 Å². The number of nitrogens with zero attached hydrogens (tertiary/aromatic N) is 1. The predicted molar refractivity (Wildman–Crippen MR) is 76.8 cm³/mol. The van der Waals surface area contributed by atoms with E-state index in [9.17, 15) is 0 Å². The fraction of sp³-hybridized carbons (Fsp3) is 0.250. The molecule has 0 aromatic heterocycles. The monoisotopic (exact) mass is 238 g/mol. The molecule has 2 N–H and O–H groups in total. The molecule has 0 saturated heterocycles. The van der Waals surface area contributed by atoms with Gasteiger partial charge in [0.1, 0.15) is 0 Å². The number of rotatable bonds is 2. The van der Waals surface area contributed by atoms with Crippen LogP contribution in [0.4, 0.5) is 11.4 Å². The Morgan fingerprint density at radius 1 is 1.17 bits per heavy atom. The standard InChI is InChI=1S/C16H18N2/c1-12-4-2-6-14-8-9-18(16(12)14)11-13-5-3-7-15(17)10-13/h2-7,10H,8-9,11,17H2,1H3. The Kier molecular flexibility index (Phi) is 2.71. The van der Waals surface area contributed by atoms with Gasteiger partial charge in [-0.1, -0.05) is 30.3 Å². The van der Waals surface area contributed by atoms with Gasteiger partial charge in [0, 0.05) is 24.5 Å². The summed E-state index contributed by atoms with van der Waals surface area (Å²) in [7, 11) is 0. The van der Waals surface area contributed by atoms with Crippen LogP contribution in [0.25, 0.3) is 0 Å². The molecule has 0 bridgehead atoms. The van der Waals surface area contributed by atoms with Gasteiger partial charge < -0.3 is 10.6 Å². The summed E-state index contributed by atoms with van der Waals surface area (Å²) in [6.45, 7) is 4.24. The number of anilines is 2. The first-order valence-electron chi connectivity index (χ1n) is 6.42. The highest BCUT2D eigenvalue weighted by Gasteiger charge is 2.20. The van der Waals surface area contributed by atoms with Crippen LogP contribution in [0.3, 0.4) is 0 Å². The van der Waals surface area contributed by atoms with E-state index in [2.05, 4.69) is 42.2 Å². The van der Waals surface area contributed by atoms with Gasteiger partial charge in [0.25, 0.3) is 0 Å². The van der Waals surface area contributed by atoms with Gasteiger partial charge in [-0.2, -0.15) is 0 Å². The summed E-state index contributed by atoms with van der Waals surface area (Å²) in [6, 6.07) is 14.8. The SMILES string of the molecule is Cc1cccc2c1N(Cc1cccc(N)c1)CC2. The minimum Gasteiger partial charge on any atom is -0.399 e. The quantitative estimate of drug-likeness (QED) is 0.814. The highest BCUT2D eigenvalue weighted by Crippen LogP contribution is 2.32. The van der Waals surface area contributed by atoms with E-state index in [-0.39, 0.29) is 0 Å². The summed E-state index contributed by atoms with van der Waals surface area (Å²) in [5.41, 5.74) is 12.2. The molecule has 0 spiro atoms. The number of para-hydroxylation sites is 1. The van der Waals surface area contributed by atoms with Crippen LogP contribution in [0, 0.1) is 6.92 Å². The molecule has 2 aromatic rings. The summed E-state index contributed by atoms with van der Waals surface area (Å²) in [4.78, 5) is 2.46. The molecular formula is C16H18N2. The lowest BCUT2D eigenvalue weighted by Crippen LogP contribution is -2.20. The molecule has 2 heteroatoms. The Morgan fingerprint density at radius 2 is 2.00 bits per heavy atom. The molecule has 1 aliphatic heterocycles. The molecule has 2 aromatic carbocycles. The second-order valence-electron chi connectivity index (χ2n) is 5.00. The van der Waals surface area contributed by atoms with Crippen LogP contribution in [-0.4, -0.2) is 6.54 Å². The topological polar surface area (TPSA) is 29.3 Å². The molecular weight excluding hydrogens is 220 g/mol. The van der Waals surface area contributed by atoms with Crippen molar-refractivity contribution in [3.8, 4) is 0 Å². The third-order valence-electron chi connectivity index (χ3n) is 3.61. The largest absolute Gasteiger partial charge is 0.399 e. The number of hydrogen-bond acceptors (Lipinski definition) is 2. The maximum Gasteiger partial charge on any atom is 0.0432 e. The fourth-order valence-corrected chi connectivity index (χ4v) is 2.81. The summed E-state index contributed by atoms with van der Waals surface area (Å²) in [6.07, 6.45) is 1.15. The van der Waals surface area contributed by atoms with E-state index in [1.54, 1.807) is 0 Å². The van der Waals surface area contributed by atoms with E-state index in [1.165, 1.54) is 22.4 Å². The highest BCUT2D eigenvalue weighted by molar-refractivity contribution is 5.63.